The van der Waals surface area contributed by atoms with Gasteiger partial charge in [0, 0.05) is 16.3 Å². The molecule has 2 aromatic heterocycles. The van der Waals surface area contributed by atoms with Crippen molar-refractivity contribution in [3.63, 3.8) is 0 Å². The predicted octanol–water partition coefficient (Wildman–Crippen LogP) is 3.54. The Kier molecular flexibility index (Phi) is 4.75. The van der Waals surface area contributed by atoms with Gasteiger partial charge in [-0.2, -0.15) is 0 Å². The smallest absolute Gasteiger partial charge is 0.230 e. The van der Waals surface area contributed by atoms with E-state index in [1.54, 1.807) is 17.7 Å². The van der Waals surface area contributed by atoms with Gasteiger partial charge in [-0.1, -0.05) is 31.0 Å². The summed E-state index contributed by atoms with van der Waals surface area (Å²) in [6.07, 6.45) is 7.60. The number of carbonyl (C=O) groups is 1. The summed E-state index contributed by atoms with van der Waals surface area (Å²) >= 11 is 3.17. The number of rotatable bonds is 4. The highest BCUT2D eigenvalue weighted by molar-refractivity contribution is 8.00. The van der Waals surface area contributed by atoms with E-state index in [0.717, 1.165) is 28.1 Å². The van der Waals surface area contributed by atoms with E-state index in [9.17, 15) is 4.79 Å². The maximum absolute atomic E-state index is 12.1. The lowest BCUT2D eigenvalue weighted by atomic mass is 9.95. The van der Waals surface area contributed by atoms with Crippen molar-refractivity contribution in [3.8, 4) is 0 Å². The van der Waals surface area contributed by atoms with Gasteiger partial charge in [0.15, 0.2) is 0 Å². The minimum atomic E-state index is 0.116. The zero-order chi connectivity index (χ0) is 14.7. The molecule has 4 nitrogen and oxygen atoms in total. The molecule has 0 bridgehead atoms. The average Bonchev–Trinajstić information content (AvgIpc) is 2.87. The normalized spacial score (nSPS) is 16.2. The van der Waals surface area contributed by atoms with Crippen LogP contribution >= 0.6 is 23.1 Å². The molecule has 0 aliphatic heterocycles. The summed E-state index contributed by atoms with van der Waals surface area (Å²) in [6, 6.07) is 2.47. The van der Waals surface area contributed by atoms with Gasteiger partial charge in [-0.15, -0.1) is 11.3 Å². The second-order valence-electron chi connectivity index (χ2n) is 5.45. The van der Waals surface area contributed by atoms with E-state index in [-0.39, 0.29) is 5.91 Å². The molecule has 0 spiro atoms. The average molecular weight is 321 g/mol. The number of aromatic nitrogens is 2. The van der Waals surface area contributed by atoms with E-state index < -0.39 is 0 Å². The van der Waals surface area contributed by atoms with Crippen LogP contribution < -0.4 is 5.32 Å². The second kappa shape index (κ2) is 6.75. The summed E-state index contributed by atoms with van der Waals surface area (Å²) in [6.45, 7) is 2.07. The number of hydrogen-bond acceptors (Lipinski definition) is 5. The van der Waals surface area contributed by atoms with Crippen molar-refractivity contribution in [1.29, 1.82) is 0 Å². The molecule has 1 amide bonds. The SMILES string of the molecule is Cc1cc2c(SCC(=O)NC3CCCCC3)ncnc2s1. The molecule has 2 heterocycles. The van der Waals surface area contributed by atoms with Crippen LogP contribution in [0.1, 0.15) is 37.0 Å². The molecular formula is C15H19N3OS2. The summed E-state index contributed by atoms with van der Waals surface area (Å²) in [5, 5.41) is 5.11. The lowest BCUT2D eigenvalue weighted by molar-refractivity contribution is -0.119. The van der Waals surface area contributed by atoms with Gasteiger partial charge in [0.2, 0.25) is 5.91 Å². The number of thiophene rings is 1. The van der Waals surface area contributed by atoms with Crippen molar-refractivity contribution >= 4 is 39.2 Å². The van der Waals surface area contributed by atoms with Crippen molar-refractivity contribution in [1.82, 2.24) is 15.3 Å². The van der Waals surface area contributed by atoms with Crippen LogP contribution in [-0.2, 0) is 4.79 Å². The Morgan fingerprint density at radius 3 is 3.00 bits per heavy atom. The summed E-state index contributed by atoms with van der Waals surface area (Å²) in [7, 11) is 0. The summed E-state index contributed by atoms with van der Waals surface area (Å²) in [5.41, 5.74) is 0. The van der Waals surface area contributed by atoms with Crippen LogP contribution in [0.25, 0.3) is 10.2 Å². The number of nitrogens with one attached hydrogen (secondary N) is 1. The molecule has 0 unspecified atom stereocenters. The maximum atomic E-state index is 12.1. The van der Waals surface area contributed by atoms with Crippen molar-refractivity contribution < 1.29 is 4.79 Å². The first-order valence-electron chi connectivity index (χ1n) is 7.35. The lowest BCUT2D eigenvalue weighted by Gasteiger charge is -2.22. The fraction of sp³-hybridized carbons (Fsp3) is 0.533. The van der Waals surface area contributed by atoms with Crippen LogP contribution in [0, 0.1) is 6.92 Å². The molecule has 2 aromatic rings. The van der Waals surface area contributed by atoms with Crippen LogP contribution in [0.3, 0.4) is 0 Å². The Balaban J connectivity index is 1.59. The summed E-state index contributed by atoms with van der Waals surface area (Å²) in [4.78, 5) is 22.9. The minimum absolute atomic E-state index is 0.116. The standard InChI is InChI=1S/C15H19N3OS2/c1-10-7-12-14(16-9-17-15(12)21-10)20-8-13(19)18-11-5-3-2-4-6-11/h7,9,11H,2-6,8H2,1H3,(H,18,19). The van der Waals surface area contributed by atoms with Gasteiger partial charge in [0.25, 0.3) is 0 Å². The van der Waals surface area contributed by atoms with E-state index >= 15 is 0 Å². The number of nitrogens with zero attached hydrogens (tertiary/aromatic N) is 2. The van der Waals surface area contributed by atoms with Gasteiger partial charge < -0.3 is 5.32 Å². The van der Waals surface area contributed by atoms with Crippen LogP contribution in [-0.4, -0.2) is 27.7 Å². The van der Waals surface area contributed by atoms with E-state index in [1.807, 2.05) is 0 Å². The van der Waals surface area contributed by atoms with Crippen molar-refractivity contribution in [3.05, 3.63) is 17.3 Å². The number of amides is 1. The Hall–Kier alpha value is -1.14. The van der Waals surface area contributed by atoms with E-state index in [4.69, 9.17) is 0 Å². The van der Waals surface area contributed by atoms with Gasteiger partial charge in [0.1, 0.15) is 16.2 Å². The molecule has 0 saturated heterocycles. The number of hydrogen-bond donors (Lipinski definition) is 1. The van der Waals surface area contributed by atoms with Gasteiger partial charge in [-0.3, -0.25) is 4.79 Å². The minimum Gasteiger partial charge on any atom is -0.353 e. The number of fused-ring (bicyclic) bond motifs is 1. The number of aryl methyl sites for hydroxylation is 1. The summed E-state index contributed by atoms with van der Waals surface area (Å²) in [5.74, 6) is 0.544. The number of carbonyl (C=O) groups excluding carboxylic acids is 1. The first-order valence-corrected chi connectivity index (χ1v) is 9.16. The van der Waals surface area contributed by atoms with Crippen molar-refractivity contribution in [2.45, 2.75) is 50.1 Å². The predicted molar refractivity (Wildman–Crippen MR) is 87.9 cm³/mol. The maximum Gasteiger partial charge on any atom is 0.230 e. The largest absolute Gasteiger partial charge is 0.353 e. The van der Waals surface area contributed by atoms with Crippen LogP contribution in [0.4, 0.5) is 0 Å². The molecule has 1 aliphatic carbocycles. The third-order valence-electron chi connectivity index (χ3n) is 3.73. The monoisotopic (exact) mass is 321 g/mol. The Morgan fingerprint density at radius 2 is 2.19 bits per heavy atom. The molecule has 1 N–H and O–H groups in total. The fourth-order valence-corrected chi connectivity index (χ4v) is 4.42. The Labute approximate surface area is 132 Å². The highest BCUT2D eigenvalue weighted by Crippen LogP contribution is 2.30. The zero-order valence-corrected chi connectivity index (χ0v) is 13.7. The van der Waals surface area contributed by atoms with Gasteiger partial charge in [0.05, 0.1) is 5.75 Å². The molecule has 1 aliphatic rings. The van der Waals surface area contributed by atoms with Crippen molar-refractivity contribution in [2.24, 2.45) is 0 Å². The molecule has 112 valence electrons. The molecule has 21 heavy (non-hydrogen) atoms. The first-order chi connectivity index (χ1) is 10.2. The Bertz CT molecular complexity index is 635. The topological polar surface area (TPSA) is 54.9 Å². The summed E-state index contributed by atoms with van der Waals surface area (Å²) < 4.78 is 0. The first kappa shape index (κ1) is 14.8. The third kappa shape index (κ3) is 3.74. The molecule has 6 heteroatoms. The zero-order valence-electron chi connectivity index (χ0n) is 12.1. The molecule has 0 atom stereocenters. The van der Waals surface area contributed by atoms with Crippen molar-refractivity contribution in [2.75, 3.05) is 5.75 Å². The molecule has 0 radical (unpaired) electrons. The molecule has 1 fully saturated rings. The van der Waals surface area contributed by atoms with E-state index in [2.05, 4.69) is 28.3 Å². The Morgan fingerprint density at radius 1 is 1.38 bits per heavy atom. The van der Waals surface area contributed by atoms with Gasteiger partial charge >= 0.3 is 0 Å². The number of thioether (sulfide) groups is 1. The lowest BCUT2D eigenvalue weighted by Crippen LogP contribution is -2.37. The fourth-order valence-electron chi connectivity index (χ4n) is 2.72. The molecular weight excluding hydrogens is 302 g/mol. The van der Waals surface area contributed by atoms with Crippen LogP contribution in [0.15, 0.2) is 17.4 Å². The van der Waals surface area contributed by atoms with Gasteiger partial charge in [-0.05, 0) is 25.8 Å². The third-order valence-corrected chi connectivity index (χ3v) is 5.69. The van der Waals surface area contributed by atoms with Crippen LogP contribution in [0.5, 0.6) is 0 Å². The van der Waals surface area contributed by atoms with E-state index in [1.165, 1.54) is 35.9 Å². The highest BCUT2D eigenvalue weighted by Gasteiger charge is 2.16. The highest BCUT2D eigenvalue weighted by atomic mass is 32.2. The van der Waals surface area contributed by atoms with E-state index in [0.29, 0.717) is 11.8 Å². The van der Waals surface area contributed by atoms with Gasteiger partial charge in [-0.25, -0.2) is 9.97 Å². The molecule has 1 saturated carbocycles. The quantitative estimate of drug-likeness (QED) is 0.691. The van der Waals surface area contributed by atoms with Crippen LogP contribution in [0.2, 0.25) is 0 Å². The molecule has 3 rings (SSSR count). The molecule has 0 aromatic carbocycles. The second-order valence-corrected chi connectivity index (χ2v) is 7.64.